The molecular formula is C25H24F2O2. The Bertz CT molecular complexity index is 975. The summed E-state index contributed by atoms with van der Waals surface area (Å²) in [4.78, 5) is 12.9. The number of aryl methyl sites for hydroxylation is 1. The van der Waals surface area contributed by atoms with Crippen LogP contribution in [0.15, 0.2) is 60.2 Å². The van der Waals surface area contributed by atoms with Gasteiger partial charge in [0.1, 0.15) is 17.4 Å². The Morgan fingerprint density at radius 2 is 1.97 bits per heavy atom. The second kappa shape index (κ2) is 8.73. The fourth-order valence-electron chi connectivity index (χ4n) is 4.14. The van der Waals surface area contributed by atoms with Gasteiger partial charge >= 0.3 is 0 Å². The first-order valence-electron chi connectivity index (χ1n) is 10.2. The Hall–Kier alpha value is -2.75. The van der Waals surface area contributed by atoms with Gasteiger partial charge < -0.3 is 4.74 Å². The van der Waals surface area contributed by atoms with E-state index in [1.807, 2.05) is 12.1 Å². The highest BCUT2D eigenvalue weighted by atomic mass is 19.1. The van der Waals surface area contributed by atoms with E-state index in [0.29, 0.717) is 11.3 Å². The van der Waals surface area contributed by atoms with Crippen molar-refractivity contribution in [2.75, 3.05) is 6.61 Å². The molecule has 1 atom stereocenters. The number of hydrogen-bond donors (Lipinski definition) is 0. The van der Waals surface area contributed by atoms with Gasteiger partial charge in [0.25, 0.3) is 0 Å². The molecule has 29 heavy (non-hydrogen) atoms. The summed E-state index contributed by atoms with van der Waals surface area (Å²) in [5, 5.41) is 0. The van der Waals surface area contributed by atoms with E-state index in [1.165, 1.54) is 11.6 Å². The molecule has 0 saturated heterocycles. The third kappa shape index (κ3) is 4.64. The summed E-state index contributed by atoms with van der Waals surface area (Å²) in [6.07, 6.45) is 11.3. The van der Waals surface area contributed by atoms with Gasteiger partial charge in [0.2, 0.25) is 0 Å². The van der Waals surface area contributed by atoms with Gasteiger partial charge in [0, 0.05) is 17.9 Å². The predicted molar refractivity (Wildman–Crippen MR) is 109 cm³/mol. The van der Waals surface area contributed by atoms with Crippen molar-refractivity contribution < 1.29 is 18.3 Å². The van der Waals surface area contributed by atoms with Crippen molar-refractivity contribution >= 4 is 5.78 Å². The van der Waals surface area contributed by atoms with Crippen molar-refractivity contribution in [1.29, 1.82) is 0 Å². The standard InChI is InChI=1S/C25H24F2O2/c26-21-8-11-24(27)19(15-21)12-13-29-22-9-10-23-18(16-22)6-7-20(25(23)28)14-17-4-2-1-3-5-17/h1-2,4,8-11,15-16,20H,3,5-7,12-14H2. The molecule has 2 nitrogen and oxygen atoms in total. The molecule has 2 aromatic rings. The lowest BCUT2D eigenvalue weighted by atomic mass is 9.78. The van der Waals surface area contributed by atoms with Crippen LogP contribution in [0.1, 0.15) is 47.2 Å². The van der Waals surface area contributed by atoms with Crippen molar-refractivity contribution in [1.82, 2.24) is 0 Å². The third-order valence-corrected chi connectivity index (χ3v) is 5.73. The molecule has 4 rings (SSSR count). The van der Waals surface area contributed by atoms with Gasteiger partial charge in [0.05, 0.1) is 6.61 Å². The van der Waals surface area contributed by atoms with Gasteiger partial charge in [-0.1, -0.05) is 23.8 Å². The Balaban J connectivity index is 1.38. The number of carbonyl (C=O) groups excluding carboxylic acids is 1. The first-order chi connectivity index (χ1) is 14.1. The van der Waals surface area contributed by atoms with Crippen LogP contribution in [0.25, 0.3) is 0 Å². The summed E-state index contributed by atoms with van der Waals surface area (Å²) in [6, 6.07) is 8.98. The summed E-state index contributed by atoms with van der Waals surface area (Å²) in [6.45, 7) is 0.247. The summed E-state index contributed by atoms with van der Waals surface area (Å²) >= 11 is 0. The van der Waals surface area contributed by atoms with Gasteiger partial charge in [-0.25, -0.2) is 8.78 Å². The average Bonchev–Trinajstić information content (AvgIpc) is 2.73. The van der Waals surface area contributed by atoms with Crippen LogP contribution in [-0.4, -0.2) is 12.4 Å². The molecule has 4 heteroatoms. The Kier molecular flexibility index (Phi) is 5.89. The zero-order chi connectivity index (χ0) is 20.2. The highest BCUT2D eigenvalue weighted by molar-refractivity contribution is 6.00. The van der Waals surface area contributed by atoms with Crippen LogP contribution in [0.5, 0.6) is 5.75 Å². The van der Waals surface area contributed by atoms with E-state index < -0.39 is 11.6 Å². The first kappa shape index (κ1) is 19.6. The van der Waals surface area contributed by atoms with E-state index in [4.69, 9.17) is 4.74 Å². The molecule has 0 aliphatic heterocycles. The molecule has 0 bridgehead atoms. The zero-order valence-corrected chi connectivity index (χ0v) is 16.3. The van der Waals surface area contributed by atoms with Crippen LogP contribution in [0.2, 0.25) is 0 Å². The van der Waals surface area contributed by atoms with Crippen LogP contribution in [0.3, 0.4) is 0 Å². The fraction of sp³-hybridized carbons (Fsp3) is 0.320. The highest BCUT2D eigenvalue weighted by Gasteiger charge is 2.28. The van der Waals surface area contributed by atoms with Crippen molar-refractivity contribution in [3.8, 4) is 5.75 Å². The molecule has 0 saturated carbocycles. The van der Waals surface area contributed by atoms with E-state index >= 15 is 0 Å². The molecule has 0 aromatic heterocycles. The Morgan fingerprint density at radius 1 is 1.07 bits per heavy atom. The molecule has 0 fully saturated rings. The van der Waals surface area contributed by atoms with Gasteiger partial charge in [-0.2, -0.15) is 0 Å². The van der Waals surface area contributed by atoms with Gasteiger partial charge in [-0.15, -0.1) is 0 Å². The van der Waals surface area contributed by atoms with Crippen molar-refractivity contribution in [3.63, 3.8) is 0 Å². The Morgan fingerprint density at radius 3 is 2.79 bits per heavy atom. The maximum Gasteiger partial charge on any atom is 0.166 e. The smallest absolute Gasteiger partial charge is 0.166 e. The molecule has 2 aliphatic rings. The second-order valence-electron chi connectivity index (χ2n) is 7.75. The van der Waals surface area contributed by atoms with Crippen LogP contribution < -0.4 is 4.74 Å². The molecule has 1 unspecified atom stereocenters. The van der Waals surface area contributed by atoms with Crippen molar-refractivity contribution in [3.05, 3.63) is 88.5 Å². The first-order valence-corrected chi connectivity index (χ1v) is 10.2. The Labute approximate surface area is 169 Å². The topological polar surface area (TPSA) is 26.3 Å². The largest absolute Gasteiger partial charge is 0.493 e. The number of carbonyl (C=O) groups is 1. The van der Waals surface area contributed by atoms with E-state index in [9.17, 15) is 13.6 Å². The summed E-state index contributed by atoms with van der Waals surface area (Å²) in [7, 11) is 0. The molecule has 2 aromatic carbocycles. The fourth-order valence-corrected chi connectivity index (χ4v) is 4.14. The van der Waals surface area contributed by atoms with E-state index in [-0.39, 0.29) is 24.7 Å². The quantitative estimate of drug-likeness (QED) is 0.601. The lowest BCUT2D eigenvalue weighted by Gasteiger charge is -2.25. The number of halogens is 2. The summed E-state index contributed by atoms with van der Waals surface area (Å²) in [5.41, 5.74) is 3.46. The number of allylic oxidation sites excluding steroid dienone is 4. The number of hydrogen-bond acceptors (Lipinski definition) is 2. The molecule has 2 aliphatic carbocycles. The second-order valence-corrected chi connectivity index (χ2v) is 7.75. The molecular weight excluding hydrogens is 370 g/mol. The van der Waals surface area contributed by atoms with Gasteiger partial charge in [-0.05, 0) is 79.6 Å². The zero-order valence-electron chi connectivity index (χ0n) is 16.3. The highest BCUT2D eigenvalue weighted by Crippen LogP contribution is 2.33. The third-order valence-electron chi connectivity index (χ3n) is 5.73. The number of ether oxygens (including phenoxy) is 1. The maximum absolute atomic E-state index is 13.7. The van der Waals surface area contributed by atoms with E-state index in [0.717, 1.165) is 55.4 Å². The number of ketones is 1. The predicted octanol–water partition coefficient (Wildman–Crippen LogP) is 6.00. The van der Waals surface area contributed by atoms with Crippen LogP contribution >= 0.6 is 0 Å². The van der Waals surface area contributed by atoms with E-state index in [1.54, 1.807) is 6.07 Å². The number of benzene rings is 2. The van der Waals surface area contributed by atoms with E-state index in [2.05, 4.69) is 18.2 Å². The van der Waals surface area contributed by atoms with Crippen molar-refractivity contribution in [2.24, 2.45) is 5.92 Å². The normalized spacial score (nSPS) is 18.3. The molecule has 0 radical (unpaired) electrons. The monoisotopic (exact) mass is 394 g/mol. The number of rotatable bonds is 6. The molecule has 0 N–H and O–H groups in total. The molecule has 0 heterocycles. The van der Waals surface area contributed by atoms with Crippen LogP contribution in [0, 0.1) is 17.6 Å². The molecule has 0 spiro atoms. The lowest BCUT2D eigenvalue weighted by molar-refractivity contribution is 0.0900. The minimum absolute atomic E-state index is 0.0583. The summed E-state index contributed by atoms with van der Waals surface area (Å²) in [5.74, 6) is 0.0499. The average molecular weight is 394 g/mol. The van der Waals surface area contributed by atoms with Crippen molar-refractivity contribution in [2.45, 2.75) is 38.5 Å². The van der Waals surface area contributed by atoms with Gasteiger partial charge in [0.15, 0.2) is 5.78 Å². The lowest BCUT2D eigenvalue weighted by Crippen LogP contribution is -2.23. The minimum Gasteiger partial charge on any atom is -0.493 e. The molecule has 150 valence electrons. The SMILES string of the molecule is O=C1c2ccc(OCCc3cc(F)ccc3F)cc2CCC1CC1=CC=CCC1. The maximum atomic E-state index is 13.7. The number of fused-ring (bicyclic) bond motifs is 1. The van der Waals surface area contributed by atoms with Crippen LogP contribution in [-0.2, 0) is 12.8 Å². The number of Topliss-reactive ketones (excluding diaryl/α,β-unsaturated/α-hetero) is 1. The summed E-state index contributed by atoms with van der Waals surface area (Å²) < 4.78 is 32.7. The van der Waals surface area contributed by atoms with Gasteiger partial charge in [-0.3, -0.25) is 4.79 Å². The van der Waals surface area contributed by atoms with Crippen LogP contribution in [0.4, 0.5) is 8.78 Å². The molecule has 0 amide bonds. The minimum atomic E-state index is -0.455.